The van der Waals surface area contributed by atoms with Gasteiger partial charge in [-0.2, -0.15) is 5.10 Å². The van der Waals surface area contributed by atoms with Gasteiger partial charge in [0.05, 0.1) is 0 Å². The standard InChI is InChI=1S/C10H14N4S/c1-8-12-10(14-13-8)4-5-11-7-9-3-2-6-15-9/h2-3,6,11H,4-5,7H2,1H3,(H,12,13,14). The van der Waals surface area contributed by atoms with Gasteiger partial charge in [0.2, 0.25) is 0 Å². The van der Waals surface area contributed by atoms with E-state index in [4.69, 9.17) is 0 Å². The summed E-state index contributed by atoms with van der Waals surface area (Å²) >= 11 is 1.77. The molecule has 2 rings (SSSR count). The Kier molecular flexibility index (Phi) is 3.47. The minimum atomic E-state index is 0.871. The molecule has 15 heavy (non-hydrogen) atoms. The molecule has 4 nitrogen and oxygen atoms in total. The van der Waals surface area contributed by atoms with Crippen LogP contribution in [0.2, 0.25) is 0 Å². The fraction of sp³-hybridized carbons (Fsp3) is 0.400. The van der Waals surface area contributed by atoms with E-state index >= 15 is 0 Å². The number of nitrogens with zero attached hydrogens (tertiary/aromatic N) is 2. The van der Waals surface area contributed by atoms with E-state index in [1.807, 2.05) is 6.92 Å². The summed E-state index contributed by atoms with van der Waals surface area (Å²) in [4.78, 5) is 5.60. The van der Waals surface area contributed by atoms with Crippen LogP contribution in [0, 0.1) is 6.92 Å². The van der Waals surface area contributed by atoms with Gasteiger partial charge >= 0.3 is 0 Å². The second kappa shape index (κ2) is 5.04. The highest BCUT2D eigenvalue weighted by molar-refractivity contribution is 7.09. The van der Waals surface area contributed by atoms with Crippen LogP contribution in [0.3, 0.4) is 0 Å². The molecule has 0 spiro atoms. The minimum Gasteiger partial charge on any atom is -0.311 e. The number of aromatic amines is 1. The normalized spacial score (nSPS) is 10.7. The average Bonchev–Trinajstić information content (AvgIpc) is 2.84. The molecule has 0 saturated heterocycles. The molecular formula is C10H14N4S. The number of H-pyrrole nitrogens is 1. The first-order valence-corrected chi connectivity index (χ1v) is 5.83. The van der Waals surface area contributed by atoms with Crippen LogP contribution >= 0.6 is 11.3 Å². The van der Waals surface area contributed by atoms with Crippen molar-refractivity contribution in [1.82, 2.24) is 20.5 Å². The average molecular weight is 222 g/mol. The second-order valence-electron chi connectivity index (χ2n) is 3.34. The monoisotopic (exact) mass is 222 g/mol. The van der Waals surface area contributed by atoms with Crippen LogP contribution in [0.5, 0.6) is 0 Å². The molecular weight excluding hydrogens is 208 g/mol. The summed E-state index contributed by atoms with van der Waals surface area (Å²) < 4.78 is 0. The predicted octanol–water partition coefficient (Wildman–Crippen LogP) is 1.51. The summed E-state index contributed by atoms with van der Waals surface area (Å²) in [5.74, 6) is 1.76. The topological polar surface area (TPSA) is 53.6 Å². The van der Waals surface area contributed by atoms with Crippen LogP contribution in [0.25, 0.3) is 0 Å². The van der Waals surface area contributed by atoms with Crippen molar-refractivity contribution in [3.8, 4) is 0 Å². The number of thiophene rings is 1. The van der Waals surface area contributed by atoms with Gasteiger partial charge < -0.3 is 5.32 Å². The lowest BCUT2D eigenvalue weighted by atomic mass is 10.4. The third-order valence-corrected chi connectivity index (χ3v) is 2.92. The highest BCUT2D eigenvalue weighted by Gasteiger charge is 1.99. The van der Waals surface area contributed by atoms with Crippen LogP contribution in [0.4, 0.5) is 0 Å². The van der Waals surface area contributed by atoms with Gasteiger partial charge in [0.15, 0.2) is 5.82 Å². The lowest BCUT2D eigenvalue weighted by Gasteiger charge is -1.99. The highest BCUT2D eigenvalue weighted by Crippen LogP contribution is 2.07. The van der Waals surface area contributed by atoms with Crippen LogP contribution in [-0.4, -0.2) is 21.7 Å². The molecule has 2 N–H and O–H groups in total. The van der Waals surface area contributed by atoms with Crippen molar-refractivity contribution < 1.29 is 0 Å². The van der Waals surface area contributed by atoms with Gasteiger partial charge in [-0.3, -0.25) is 5.10 Å². The smallest absolute Gasteiger partial charge is 0.151 e. The van der Waals surface area contributed by atoms with Gasteiger partial charge in [0.25, 0.3) is 0 Å². The van der Waals surface area contributed by atoms with Crippen molar-refractivity contribution in [3.63, 3.8) is 0 Å². The Labute approximate surface area is 92.8 Å². The van der Waals surface area contributed by atoms with Crippen molar-refractivity contribution in [2.75, 3.05) is 6.54 Å². The van der Waals surface area contributed by atoms with Gasteiger partial charge in [0.1, 0.15) is 5.82 Å². The fourth-order valence-corrected chi connectivity index (χ4v) is 2.00. The molecule has 0 radical (unpaired) electrons. The van der Waals surface area contributed by atoms with Crippen molar-refractivity contribution in [2.45, 2.75) is 19.9 Å². The maximum Gasteiger partial charge on any atom is 0.151 e. The number of hydrogen-bond acceptors (Lipinski definition) is 4. The lowest BCUT2D eigenvalue weighted by molar-refractivity contribution is 0.677. The largest absolute Gasteiger partial charge is 0.311 e. The molecule has 0 unspecified atom stereocenters. The molecule has 0 aromatic carbocycles. The van der Waals surface area contributed by atoms with E-state index in [1.165, 1.54) is 4.88 Å². The van der Waals surface area contributed by atoms with Gasteiger partial charge in [-0.1, -0.05) is 6.07 Å². The maximum absolute atomic E-state index is 4.24. The minimum absolute atomic E-state index is 0.871. The zero-order chi connectivity index (χ0) is 10.5. The quantitative estimate of drug-likeness (QED) is 0.754. The van der Waals surface area contributed by atoms with Crippen LogP contribution in [-0.2, 0) is 13.0 Å². The number of rotatable bonds is 5. The molecule has 0 aliphatic heterocycles. The highest BCUT2D eigenvalue weighted by atomic mass is 32.1. The van der Waals surface area contributed by atoms with Crippen molar-refractivity contribution in [2.24, 2.45) is 0 Å². The Morgan fingerprint density at radius 1 is 1.53 bits per heavy atom. The molecule has 80 valence electrons. The van der Waals surface area contributed by atoms with E-state index < -0.39 is 0 Å². The predicted molar refractivity (Wildman–Crippen MR) is 60.8 cm³/mol. The zero-order valence-electron chi connectivity index (χ0n) is 8.66. The molecule has 2 aromatic rings. The molecule has 0 saturated carbocycles. The van der Waals surface area contributed by atoms with E-state index in [0.29, 0.717) is 0 Å². The van der Waals surface area contributed by atoms with E-state index in [-0.39, 0.29) is 0 Å². The number of aryl methyl sites for hydroxylation is 1. The molecule has 2 aromatic heterocycles. The van der Waals surface area contributed by atoms with E-state index in [2.05, 4.69) is 38.0 Å². The summed E-state index contributed by atoms with van der Waals surface area (Å²) in [6.45, 7) is 3.76. The number of hydrogen-bond donors (Lipinski definition) is 2. The Bertz CT molecular complexity index is 393. The molecule has 5 heteroatoms. The third kappa shape index (κ3) is 3.14. The zero-order valence-corrected chi connectivity index (χ0v) is 9.47. The summed E-state index contributed by atoms with van der Waals surface area (Å²) in [7, 11) is 0. The Morgan fingerprint density at radius 2 is 2.47 bits per heavy atom. The van der Waals surface area contributed by atoms with E-state index in [9.17, 15) is 0 Å². The SMILES string of the molecule is Cc1nc(CCNCc2cccs2)n[nH]1. The summed E-state index contributed by atoms with van der Waals surface area (Å²) in [6, 6.07) is 4.20. The molecule has 0 atom stereocenters. The fourth-order valence-electron chi connectivity index (χ4n) is 1.33. The van der Waals surface area contributed by atoms with Crippen molar-refractivity contribution >= 4 is 11.3 Å². The lowest BCUT2D eigenvalue weighted by Crippen LogP contribution is -2.16. The van der Waals surface area contributed by atoms with Crippen LogP contribution in [0.15, 0.2) is 17.5 Å². The third-order valence-electron chi connectivity index (χ3n) is 2.05. The van der Waals surface area contributed by atoms with Crippen LogP contribution in [0.1, 0.15) is 16.5 Å². The Morgan fingerprint density at radius 3 is 3.13 bits per heavy atom. The Balaban J connectivity index is 1.67. The summed E-state index contributed by atoms with van der Waals surface area (Å²) in [5, 5.41) is 12.4. The Hall–Kier alpha value is -1.20. The van der Waals surface area contributed by atoms with Gasteiger partial charge in [-0.25, -0.2) is 4.98 Å². The first kappa shape index (κ1) is 10.3. The van der Waals surface area contributed by atoms with E-state index in [0.717, 1.165) is 31.2 Å². The van der Waals surface area contributed by atoms with Crippen molar-refractivity contribution in [3.05, 3.63) is 34.0 Å². The molecule has 0 bridgehead atoms. The molecule has 0 aliphatic carbocycles. The second-order valence-corrected chi connectivity index (χ2v) is 4.38. The first-order chi connectivity index (χ1) is 7.34. The van der Waals surface area contributed by atoms with E-state index in [1.54, 1.807) is 11.3 Å². The summed E-state index contributed by atoms with van der Waals surface area (Å²) in [5.41, 5.74) is 0. The number of aromatic nitrogens is 3. The molecule has 0 fully saturated rings. The van der Waals surface area contributed by atoms with Gasteiger partial charge in [0, 0.05) is 24.4 Å². The number of nitrogens with one attached hydrogen (secondary N) is 2. The molecule has 0 amide bonds. The maximum atomic E-state index is 4.24. The van der Waals surface area contributed by atoms with Gasteiger partial charge in [-0.15, -0.1) is 11.3 Å². The van der Waals surface area contributed by atoms with Crippen molar-refractivity contribution in [1.29, 1.82) is 0 Å². The summed E-state index contributed by atoms with van der Waals surface area (Å²) in [6.07, 6.45) is 0.871. The first-order valence-electron chi connectivity index (χ1n) is 4.95. The van der Waals surface area contributed by atoms with Crippen LogP contribution < -0.4 is 5.32 Å². The van der Waals surface area contributed by atoms with Gasteiger partial charge in [-0.05, 0) is 18.4 Å². The molecule has 0 aliphatic rings. The molecule has 2 heterocycles.